The molecule has 0 radical (unpaired) electrons. The maximum absolute atomic E-state index is 12.0. The Morgan fingerprint density at radius 2 is 1.96 bits per heavy atom. The molecule has 1 aliphatic carbocycles. The summed E-state index contributed by atoms with van der Waals surface area (Å²) in [5.41, 5.74) is 0.310. The van der Waals surface area contributed by atoms with Gasteiger partial charge >= 0.3 is 5.97 Å². The van der Waals surface area contributed by atoms with Gasteiger partial charge in [-0.15, -0.1) is 0 Å². The average molecular weight is 366 g/mol. The van der Waals surface area contributed by atoms with Crippen LogP contribution in [-0.4, -0.2) is 56.9 Å². The van der Waals surface area contributed by atoms with Crippen molar-refractivity contribution >= 4 is 5.97 Å². The number of ether oxygens (including phenoxy) is 1. The zero-order valence-electron chi connectivity index (χ0n) is 15.5. The van der Waals surface area contributed by atoms with Crippen LogP contribution in [0.4, 0.5) is 0 Å². The van der Waals surface area contributed by atoms with Gasteiger partial charge in [-0.05, 0) is 51.5 Å². The van der Waals surface area contributed by atoms with Crippen molar-refractivity contribution < 1.29 is 30.0 Å². The van der Waals surface area contributed by atoms with Crippen LogP contribution in [0, 0.1) is 5.92 Å². The van der Waals surface area contributed by atoms with E-state index in [-0.39, 0.29) is 18.4 Å². The first kappa shape index (κ1) is 20.8. The van der Waals surface area contributed by atoms with Gasteiger partial charge in [0, 0.05) is 11.5 Å². The molecule has 0 amide bonds. The van der Waals surface area contributed by atoms with E-state index in [1.807, 2.05) is 19.1 Å². The lowest BCUT2D eigenvalue weighted by Gasteiger charge is -2.34. The van der Waals surface area contributed by atoms with Crippen molar-refractivity contribution in [1.29, 1.82) is 0 Å². The summed E-state index contributed by atoms with van der Waals surface area (Å²) >= 11 is 0. The first-order valence-corrected chi connectivity index (χ1v) is 9.11. The molecule has 1 fully saturated rings. The molecule has 1 saturated heterocycles. The lowest BCUT2D eigenvalue weighted by molar-refractivity contribution is -0.144. The van der Waals surface area contributed by atoms with Gasteiger partial charge in [0.2, 0.25) is 0 Å². The zero-order chi connectivity index (χ0) is 19.5. The van der Waals surface area contributed by atoms with Crippen LogP contribution in [0.2, 0.25) is 0 Å². The highest BCUT2D eigenvalue weighted by molar-refractivity contribution is 5.90. The molecule has 146 valence electrons. The molecular weight excluding hydrogens is 336 g/mol. The Morgan fingerprint density at radius 1 is 1.27 bits per heavy atom. The van der Waals surface area contributed by atoms with Gasteiger partial charge in [-0.2, -0.15) is 0 Å². The Labute approximate surface area is 154 Å². The second-order valence-corrected chi connectivity index (χ2v) is 7.54. The standard InChI is InChI=1S/C20H30O6/c1-12-6-4-8-13(2)17(23)18-15(14(3)19(24)26-18)10-16(22)20(25,11-21)9-5-7-12/h7-8,15-18,21-23,25H,3-6,9-11H2,1-2H3. The largest absolute Gasteiger partial charge is 0.455 e. The molecule has 6 heteroatoms. The highest BCUT2D eigenvalue weighted by atomic mass is 16.6. The normalized spacial score (nSPS) is 37.3. The molecule has 0 saturated carbocycles. The Hall–Kier alpha value is -1.47. The number of allylic oxidation sites excluding steroid dienone is 3. The predicted molar refractivity (Wildman–Crippen MR) is 97.2 cm³/mol. The SMILES string of the molecule is C=C1C(=O)OC2C(O)C(C)=CCCC(C)=CCCC(O)(CO)C(O)CC12. The first-order chi connectivity index (χ1) is 12.2. The molecule has 6 nitrogen and oxygen atoms in total. The molecule has 0 aromatic heterocycles. The zero-order valence-corrected chi connectivity index (χ0v) is 15.5. The van der Waals surface area contributed by atoms with Crippen LogP contribution in [0.1, 0.15) is 46.0 Å². The molecular formula is C20H30O6. The summed E-state index contributed by atoms with van der Waals surface area (Å²) in [7, 11) is 0. The van der Waals surface area contributed by atoms with Crippen LogP contribution in [0.3, 0.4) is 0 Å². The van der Waals surface area contributed by atoms with E-state index < -0.39 is 42.4 Å². The minimum absolute atomic E-state index is 0.0284. The summed E-state index contributed by atoms with van der Waals surface area (Å²) in [6.07, 6.45) is 3.00. The molecule has 1 aliphatic heterocycles. The van der Waals surface area contributed by atoms with Crippen molar-refractivity contribution in [1.82, 2.24) is 0 Å². The van der Waals surface area contributed by atoms with Crippen molar-refractivity contribution in [3.05, 3.63) is 35.5 Å². The summed E-state index contributed by atoms with van der Waals surface area (Å²) in [5, 5.41) is 41.5. The van der Waals surface area contributed by atoms with Crippen molar-refractivity contribution in [2.75, 3.05) is 6.61 Å². The van der Waals surface area contributed by atoms with Crippen molar-refractivity contribution in [2.45, 2.75) is 69.9 Å². The summed E-state index contributed by atoms with van der Waals surface area (Å²) < 4.78 is 5.30. The van der Waals surface area contributed by atoms with Gasteiger partial charge in [-0.3, -0.25) is 0 Å². The molecule has 4 N–H and O–H groups in total. The third kappa shape index (κ3) is 4.43. The van der Waals surface area contributed by atoms with Crippen molar-refractivity contribution in [3.63, 3.8) is 0 Å². The quantitative estimate of drug-likeness (QED) is 0.317. The summed E-state index contributed by atoms with van der Waals surface area (Å²) in [6.45, 7) is 6.90. The van der Waals surface area contributed by atoms with Gasteiger partial charge in [-0.25, -0.2) is 4.79 Å². The molecule has 0 aromatic carbocycles. The van der Waals surface area contributed by atoms with E-state index in [9.17, 15) is 25.2 Å². The van der Waals surface area contributed by atoms with Gasteiger partial charge in [0.1, 0.15) is 17.8 Å². The van der Waals surface area contributed by atoms with Crippen LogP contribution >= 0.6 is 0 Å². The molecule has 2 aliphatic rings. The monoisotopic (exact) mass is 366 g/mol. The van der Waals surface area contributed by atoms with Gasteiger partial charge in [-0.1, -0.05) is 24.3 Å². The van der Waals surface area contributed by atoms with E-state index in [1.165, 1.54) is 0 Å². The third-order valence-corrected chi connectivity index (χ3v) is 5.57. The second kappa shape index (κ2) is 8.48. The van der Waals surface area contributed by atoms with Crippen LogP contribution in [0.25, 0.3) is 0 Å². The minimum atomic E-state index is -1.69. The van der Waals surface area contributed by atoms with Gasteiger partial charge in [0.25, 0.3) is 0 Å². The molecule has 5 atom stereocenters. The number of carbonyl (C=O) groups is 1. The lowest BCUT2D eigenvalue weighted by Crippen LogP contribution is -2.48. The molecule has 26 heavy (non-hydrogen) atoms. The van der Waals surface area contributed by atoms with E-state index in [0.29, 0.717) is 12.0 Å². The van der Waals surface area contributed by atoms with Gasteiger partial charge in [0.05, 0.1) is 12.7 Å². The third-order valence-electron chi connectivity index (χ3n) is 5.57. The minimum Gasteiger partial charge on any atom is -0.455 e. The number of fused-ring (bicyclic) bond motifs is 1. The van der Waals surface area contributed by atoms with Crippen molar-refractivity contribution in [2.24, 2.45) is 5.92 Å². The van der Waals surface area contributed by atoms with Crippen LogP contribution < -0.4 is 0 Å². The van der Waals surface area contributed by atoms with Crippen LogP contribution in [0.15, 0.2) is 35.5 Å². The van der Waals surface area contributed by atoms with E-state index in [0.717, 1.165) is 18.4 Å². The number of hydrogen-bond acceptors (Lipinski definition) is 6. The number of rotatable bonds is 1. The average Bonchev–Trinajstić information content (AvgIpc) is 2.88. The maximum atomic E-state index is 12.0. The second-order valence-electron chi connectivity index (χ2n) is 7.54. The predicted octanol–water partition coefficient (Wildman–Crippen LogP) is 1.39. The van der Waals surface area contributed by atoms with Crippen LogP contribution in [0.5, 0.6) is 0 Å². The van der Waals surface area contributed by atoms with E-state index in [2.05, 4.69) is 6.58 Å². The van der Waals surface area contributed by atoms with E-state index >= 15 is 0 Å². The molecule has 2 rings (SSSR count). The van der Waals surface area contributed by atoms with E-state index in [4.69, 9.17) is 4.74 Å². The Balaban J connectivity index is 2.35. The maximum Gasteiger partial charge on any atom is 0.334 e. The molecule has 0 bridgehead atoms. The topological polar surface area (TPSA) is 107 Å². The Morgan fingerprint density at radius 3 is 2.62 bits per heavy atom. The number of hydrogen-bond donors (Lipinski definition) is 4. The number of esters is 1. The van der Waals surface area contributed by atoms with Crippen LogP contribution in [-0.2, 0) is 9.53 Å². The highest BCUT2D eigenvalue weighted by Crippen LogP contribution is 2.37. The fraction of sp³-hybridized carbons (Fsp3) is 0.650. The fourth-order valence-corrected chi connectivity index (χ4v) is 3.58. The number of aliphatic hydroxyl groups is 4. The number of carbonyl (C=O) groups excluding carboxylic acids is 1. The summed E-state index contributed by atoms with van der Waals surface area (Å²) in [6, 6.07) is 0. The van der Waals surface area contributed by atoms with E-state index in [1.54, 1.807) is 6.92 Å². The summed E-state index contributed by atoms with van der Waals surface area (Å²) in [4.78, 5) is 12.0. The number of aliphatic hydroxyl groups excluding tert-OH is 3. The fourth-order valence-electron chi connectivity index (χ4n) is 3.58. The highest BCUT2D eigenvalue weighted by Gasteiger charge is 2.46. The molecule has 0 spiro atoms. The smallest absolute Gasteiger partial charge is 0.334 e. The Bertz CT molecular complexity index is 607. The van der Waals surface area contributed by atoms with Gasteiger partial charge in [0.15, 0.2) is 0 Å². The summed E-state index contributed by atoms with van der Waals surface area (Å²) in [5.74, 6) is -1.23. The van der Waals surface area contributed by atoms with Crippen molar-refractivity contribution in [3.8, 4) is 0 Å². The molecule has 1 heterocycles. The Kier molecular flexibility index (Phi) is 6.80. The molecule has 5 unspecified atom stereocenters. The first-order valence-electron chi connectivity index (χ1n) is 9.11. The molecule has 0 aromatic rings. The van der Waals surface area contributed by atoms with Gasteiger partial charge < -0.3 is 25.2 Å². The lowest BCUT2D eigenvalue weighted by atomic mass is 9.80.